The Morgan fingerprint density at radius 3 is 2.53 bits per heavy atom. The van der Waals surface area contributed by atoms with E-state index in [0.717, 1.165) is 14.7 Å². The Hall–Kier alpha value is -1.11. The Morgan fingerprint density at radius 1 is 1.32 bits per heavy atom. The third-order valence-corrected chi connectivity index (χ3v) is 4.99. The third kappa shape index (κ3) is 3.08. The van der Waals surface area contributed by atoms with Crippen LogP contribution in [0.15, 0.2) is 18.2 Å². The molecule has 1 N–H and O–H groups in total. The summed E-state index contributed by atoms with van der Waals surface area (Å²) in [6, 6.07) is 5.70. The van der Waals surface area contributed by atoms with Crippen LogP contribution in [0.2, 0.25) is 0 Å². The predicted molar refractivity (Wildman–Crippen MR) is 80.2 cm³/mol. The van der Waals surface area contributed by atoms with Crippen LogP contribution >= 0.6 is 22.6 Å². The lowest BCUT2D eigenvalue weighted by Crippen LogP contribution is -2.40. The summed E-state index contributed by atoms with van der Waals surface area (Å²) in [5.74, 6) is -1.05. The van der Waals surface area contributed by atoms with E-state index in [0.29, 0.717) is 25.9 Å². The topological polar surface area (TPSA) is 57.6 Å². The van der Waals surface area contributed by atoms with Gasteiger partial charge in [0.05, 0.1) is 11.5 Å². The lowest BCUT2D eigenvalue weighted by molar-refractivity contribution is -0.143. The Balaban J connectivity index is 2.09. The highest BCUT2D eigenvalue weighted by Gasteiger charge is 2.28. The van der Waals surface area contributed by atoms with Gasteiger partial charge in [0.15, 0.2) is 0 Å². The van der Waals surface area contributed by atoms with Crippen LogP contribution in [0.3, 0.4) is 0 Å². The van der Waals surface area contributed by atoms with E-state index in [1.807, 2.05) is 25.1 Å². The number of aliphatic carboxylic acids is 1. The standard InChI is InChI=1S/C14H16INO3/c1-9-3-2-4-11(12(9)15)13(17)16-7-5-10(6-8-16)14(18)19/h2-4,10H,5-8H2,1H3,(H,18,19). The molecule has 0 atom stereocenters. The largest absolute Gasteiger partial charge is 0.481 e. The lowest BCUT2D eigenvalue weighted by Gasteiger charge is -2.30. The maximum Gasteiger partial charge on any atom is 0.306 e. The van der Waals surface area contributed by atoms with Gasteiger partial charge in [-0.25, -0.2) is 0 Å². The molecule has 2 rings (SSSR count). The van der Waals surface area contributed by atoms with Crippen LogP contribution in [0.4, 0.5) is 0 Å². The number of piperidine rings is 1. The Labute approximate surface area is 125 Å². The van der Waals surface area contributed by atoms with Crippen LogP contribution in [0.5, 0.6) is 0 Å². The zero-order chi connectivity index (χ0) is 14.0. The molecule has 1 amide bonds. The van der Waals surface area contributed by atoms with Gasteiger partial charge in [0.1, 0.15) is 0 Å². The number of carboxylic acids is 1. The molecule has 1 aliphatic rings. The second-order valence-electron chi connectivity index (χ2n) is 4.84. The summed E-state index contributed by atoms with van der Waals surface area (Å²) < 4.78 is 0.977. The van der Waals surface area contributed by atoms with E-state index in [1.165, 1.54) is 0 Å². The Bertz CT molecular complexity index is 507. The van der Waals surface area contributed by atoms with Crippen LogP contribution in [0.1, 0.15) is 28.8 Å². The quantitative estimate of drug-likeness (QED) is 0.811. The number of nitrogens with zero attached hydrogens (tertiary/aromatic N) is 1. The first-order valence-corrected chi connectivity index (χ1v) is 7.35. The lowest BCUT2D eigenvalue weighted by atomic mass is 9.96. The number of hydrogen-bond acceptors (Lipinski definition) is 2. The van der Waals surface area contributed by atoms with Crippen molar-refractivity contribution in [3.8, 4) is 0 Å². The van der Waals surface area contributed by atoms with Crippen molar-refractivity contribution in [2.24, 2.45) is 5.92 Å². The first-order chi connectivity index (χ1) is 9.00. The molecule has 5 heteroatoms. The number of rotatable bonds is 2. The van der Waals surface area contributed by atoms with Gasteiger partial charge in [0.25, 0.3) is 5.91 Å². The van der Waals surface area contributed by atoms with Crippen LogP contribution in [0.25, 0.3) is 0 Å². The van der Waals surface area contributed by atoms with Crippen LogP contribution in [-0.4, -0.2) is 35.0 Å². The molecular weight excluding hydrogens is 357 g/mol. The summed E-state index contributed by atoms with van der Waals surface area (Å²) in [6.07, 6.45) is 1.09. The molecule has 1 aromatic carbocycles. The molecule has 0 bridgehead atoms. The Morgan fingerprint density at radius 2 is 1.95 bits per heavy atom. The minimum atomic E-state index is -0.753. The SMILES string of the molecule is Cc1cccc(C(=O)N2CCC(C(=O)O)CC2)c1I. The van der Waals surface area contributed by atoms with Crippen molar-refractivity contribution in [2.45, 2.75) is 19.8 Å². The fraction of sp³-hybridized carbons (Fsp3) is 0.429. The van der Waals surface area contributed by atoms with Gasteiger partial charge in [0, 0.05) is 16.7 Å². The molecule has 0 aromatic heterocycles. The summed E-state index contributed by atoms with van der Waals surface area (Å²) in [7, 11) is 0. The number of likely N-dealkylation sites (tertiary alicyclic amines) is 1. The molecule has 1 saturated heterocycles. The summed E-state index contributed by atoms with van der Waals surface area (Å²) >= 11 is 2.19. The minimum Gasteiger partial charge on any atom is -0.481 e. The van der Waals surface area contributed by atoms with Gasteiger partial charge in [-0.15, -0.1) is 0 Å². The molecule has 1 aromatic rings. The number of carbonyl (C=O) groups is 2. The molecular formula is C14H16INO3. The molecule has 19 heavy (non-hydrogen) atoms. The molecule has 1 aliphatic heterocycles. The van der Waals surface area contributed by atoms with E-state index in [-0.39, 0.29) is 11.8 Å². The van der Waals surface area contributed by atoms with Crippen molar-refractivity contribution in [1.29, 1.82) is 0 Å². The molecule has 0 unspecified atom stereocenters. The summed E-state index contributed by atoms with van der Waals surface area (Å²) in [5.41, 5.74) is 1.81. The van der Waals surface area contributed by atoms with E-state index < -0.39 is 5.97 Å². The highest BCUT2D eigenvalue weighted by Crippen LogP contribution is 2.22. The molecule has 4 nitrogen and oxygen atoms in total. The number of aryl methyl sites for hydroxylation is 1. The van der Waals surface area contributed by atoms with Gasteiger partial charge in [-0.2, -0.15) is 0 Å². The molecule has 0 aliphatic carbocycles. The van der Waals surface area contributed by atoms with Gasteiger partial charge in [0.2, 0.25) is 0 Å². The monoisotopic (exact) mass is 373 g/mol. The maximum absolute atomic E-state index is 12.4. The van der Waals surface area contributed by atoms with Crippen molar-refractivity contribution >= 4 is 34.5 Å². The van der Waals surface area contributed by atoms with Gasteiger partial charge < -0.3 is 10.0 Å². The normalized spacial score (nSPS) is 16.4. The molecule has 0 radical (unpaired) electrons. The second-order valence-corrected chi connectivity index (χ2v) is 5.92. The Kier molecular flexibility index (Phi) is 4.44. The first-order valence-electron chi connectivity index (χ1n) is 6.28. The highest BCUT2D eigenvalue weighted by molar-refractivity contribution is 14.1. The number of hydrogen-bond donors (Lipinski definition) is 1. The number of carbonyl (C=O) groups excluding carboxylic acids is 1. The number of amides is 1. The van der Waals surface area contributed by atoms with Gasteiger partial charge in [-0.1, -0.05) is 12.1 Å². The van der Waals surface area contributed by atoms with Crippen molar-refractivity contribution in [3.05, 3.63) is 32.9 Å². The average Bonchev–Trinajstić information content (AvgIpc) is 2.41. The van der Waals surface area contributed by atoms with Gasteiger partial charge in [-0.3, -0.25) is 9.59 Å². The van der Waals surface area contributed by atoms with Crippen molar-refractivity contribution < 1.29 is 14.7 Å². The van der Waals surface area contributed by atoms with E-state index in [1.54, 1.807) is 4.90 Å². The fourth-order valence-electron chi connectivity index (χ4n) is 2.31. The smallest absolute Gasteiger partial charge is 0.306 e. The number of halogens is 1. The second kappa shape index (κ2) is 5.90. The fourth-order valence-corrected chi connectivity index (χ4v) is 2.90. The van der Waals surface area contributed by atoms with Crippen molar-refractivity contribution in [1.82, 2.24) is 4.90 Å². The zero-order valence-corrected chi connectivity index (χ0v) is 12.9. The van der Waals surface area contributed by atoms with Gasteiger partial charge in [-0.05, 0) is 54.0 Å². The van der Waals surface area contributed by atoms with Crippen molar-refractivity contribution in [2.75, 3.05) is 13.1 Å². The van der Waals surface area contributed by atoms with E-state index in [9.17, 15) is 9.59 Å². The summed E-state index contributed by atoms with van der Waals surface area (Å²) in [5, 5.41) is 8.96. The minimum absolute atomic E-state index is 0.0111. The maximum atomic E-state index is 12.4. The third-order valence-electron chi connectivity index (χ3n) is 3.55. The van der Waals surface area contributed by atoms with E-state index >= 15 is 0 Å². The summed E-state index contributed by atoms with van der Waals surface area (Å²) in [4.78, 5) is 25.1. The van der Waals surface area contributed by atoms with Gasteiger partial charge >= 0.3 is 5.97 Å². The number of benzene rings is 1. The summed E-state index contributed by atoms with van der Waals surface area (Å²) in [6.45, 7) is 3.04. The van der Waals surface area contributed by atoms with Crippen molar-refractivity contribution in [3.63, 3.8) is 0 Å². The predicted octanol–water partition coefficient (Wildman–Crippen LogP) is 2.54. The molecule has 0 spiro atoms. The average molecular weight is 373 g/mol. The van der Waals surface area contributed by atoms with E-state index in [2.05, 4.69) is 22.6 Å². The molecule has 0 saturated carbocycles. The van der Waals surface area contributed by atoms with E-state index in [4.69, 9.17) is 5.11 Å². The van der Waals surface area contributed by atoms with Crippen LogP contribution < -0.4 is 0 Å². The first kappa shape index (κ1) is 14.3. The van der Waals surface area contributed by atoms with Crippen LogP contribution in [-0.2, 0) is 4.79 Å². The highest BCUT2D eigenvalue weighted by atomic mass is 127. The molecule has 1 fully saturated rings. The molecule has 102 valence electrons. The van der Waals surface area contributed by atoms with Crippen LogP contribution in [0, 0.1) is 16.4 Å². The number of carboxylic acid groups (broad SMARTS) is 1. The molecule has 1 heterocycles. The zero-order valence-electron chi connectivity index (χ0n) is 10.7.